The summed E-state index contributed by atoms with van der Waals surface area (Å²) in [4.78, 5) is 28.0. The zero-order valence-electron chi connectivity index (χ0n) is 29.6. The molecule has 0 bridgehead atoms. The Hall–Kier alpha value is -2.87. The molecule has 2 aliphatic rings. The summed E-state index contributed by atoms with van der Waals surface area (Å²) in [6, 6.07) is 2.08. The van der Waals surface area contributed by atoms with Gasteiger partial charge in [-0.15, -0.1) is 0 Å². The molecular weight excluding hydrogens is 554 g/mol. The zero-order valence-corrected chi connectivity index (χ0v) is 29.6. The maximum absolute atomic E-state index is 13.0. The van der Waals surface area contributed by atoms with Crippen molar-refractivity contribution in [2.45, 2.75) is 157 Å². The lowest BCUT2D eigenvalue weighted by molar-refractivity contribution is -0.126. The molecule has 0 aliphatic carbocycles. The van der Waals surface area contributed by atoms with Crippen LogP contribution in [0.25, 0.3) is 0 Å². The smallest absolute Gasteiger partial charge is 0.269 e. The van der Waals surface area contributed by atoms with Crippen LogP contribution in [0.5, 0.6) is 0 Å². The largest absolute Gasteiger partial charge is 0.348 e. The molecule has 0 atom stereocenters. The second-order valence-electron chi connectivity index (χ2n) is 13.6. The molecule has 5 nitrogen and oxygen atoms in total. The topological polar surface area (TPSA) is 73.2 Å². The summed E-state index contributed by atoms with van der Waals surface area (Å²) >= 11 is 0. The minimum Gasteiger partial charge on any atom is -0.348 e. The lowest BCUT2D eigenvalue weighted by Crippen LogP contribution is -2.38. The molecule has 45 heavy (non-hydrogen) atoms. The van der Waals surface area contributed by atoms with E-state index in [0.717, 1.165) is 31.4 Å². The van der Waals surface area contributed by atoms with E-state index < -0.39 is 11.8 Å². The first-order valence-corrected chi connectivity index (χ1v) is 18.4. The Bertz CT molecular complexity index is 1110. The van der Waals surface area contributed by atoms with Crippen LogP contribution < -0.4 is 5.32 Å². The molecule has 0 aromatic rings. The molecular formula is C40H63N3O2. The van der Waals surface area contributed by atoms with Crippen molar-refractivity contribution < 1.29 is 9.59 Å². The average Bonchev–Trinajstić information content (AvgIpc) is 3.01. The standard InChI is InChI=1S/C40H63N3O2/c1-7-9-11-13-15-16-17-19-21-23-27-43-37(31(3)4)28-33(29-38(43)32(5)6)25-26-35-34(24-22-20-18-14-12-10-8-2)36(30-41)40(45)42-39(35)44/h25-26,28-29,31-32H,7-24,27H2,1-6H3,(H,42,44,45)/b35-26-. The van der Waals surface area contributed by atoms with E-state index in [0.29, 0.717) is 29.4 Å². The highest BCUT2D eigenvalue weighted by molar-refractivity contribution is 6.18. The van der Waals surface area contributed by atoms with Crippen LogP contribution in [-0.2, 0) is 9.59 Å². The number of rotatable bonds is 22. The predicted molar refractivity (Wildman–Crippen MR) is 189 cm³/mol. The summed E-state index contributed by atoms with van der Waals surface area (Å²) in [6.45, 7) is 14.5. The van der Waals surface area contributed by atoms with E-state index in [1.807, 2.05) is 12.2 Å². The quantitative estimate of drug-likeness (QED) is 0.0745. The van der Waals surface area contributed by atoms with Gasteiger partial charge in [0.25, 0.3) is 11.8 Å². The van der Waals surface area contributed by atoms with Gasteiger partial charge in [-0.1, -0.05) is 144 Å². The highest BCUT2D eigenvalue weighted by atomic mass is 16.2. The van der Waals surface area contributed by atoms with Gasteiger partial charge in [0.2, 0.25) is 0 Å². The molecule has 0 aromatic carbocycles. The molecule has 0 aromatic heterocycles. The first-order valence-electron chi connectivity index (χ1n) is 18.4. The molecule has 0 saturated heterocycles. The highest BCUT2D eigenvalue weighted by Crippen LogP contribution is 2.33. The van der Waals surface area contributed by atoms with Gasteiger partial charge < -0.3 is 4.90 Å². The second kappa shape index (κ2) is 21.8. The van der Waals surface area contributed by atoms with Crippen LogP contribution in [0, 0.1) is 23.2 Å². The van der Waals surface area contributed by atoms with Gasteiger partial charge in [0.05, 0.1) is 0 Å². The van der Waals surface area contributed by atoms with Crippen LogP contribution in [-0.4, -0.2) is 23.3 Å². The Balaban J connectivity index is 2.16. The third kappa shape index (κ3) is 13.2. The second-order valence-corrected chi connectivity index (χ2v) is 13.6. The first-order chi connectivity index (χ1) is 21.7. The van der Waals surface area contributed by atoms with E-state index >= 15 is 0 Å². The Morgan fingerprint density at radius 3 is 1.62 bits per heavy atom. The molecule has 2 rings (SSSR count). The van der Waals surface area contributed by atoms with Crippen LogP contribution >= 0.6 is 0 Å². The number of carbonyl (C=O) groups is 2. The molecule has 2 heterocycles. The van der Waals surface area contributed by atoms with E-state index in [4.69, 9.17) is 0 Å². The lowest BCUT2D eigenvalue weighted by Gasteiger charge is -2.37. The maximum Gasteiger partial charge on any atom is 0.269 e. The van der Waals surface area contributed by atoms with Gasteiger partial charge in [0.1, 0.15) is 11.6 Å². The lowest BCUT2D eigenvalue weighted by atomic mass is 9.89. The summed E-state index contributed by atoms with van der Waals surface area (Å²) in [5, 5.41) is 12.2. The fraction of sp³-hybridized carbons (Fsp3) is 0.675. The summed E-state index contributed by atoms with van der Waals surface area (Å²) in [5.41, 5.74) is 4.77. The van der Waals surface area contributed by atoms with Crippen molar-refractivity contribution in [2.24, 2.45) is 11.8 Å². The van der Waals surface area contributed by atoms with Gasteiger partial charge in [-0.25, -0.2) is 0 Å². The summed E-state index contributed by atoms with van der Waals surface area (Å²) < 4.78 is 0. The number of amides is 2. The molecule has 0 spiro atoms. The normalized spacial score (nSPS) is 16.5. The van der Waals surface area contributed by atoms with E-state index in [9.17, 15) is 14.9 Å². The number of unbranched alkanes of at least 4 members (excludes halogenated alkanes) is 15. The number of hydrogen-bond donors (Lipinski definition) is 1. The van der Waals surface area contributed by atoms with E-state index in [2.05, 4.69) is 70.0 Å². The summed E-state index contributed by atoms with van der Waals surface area (Å²) in [6.07, 6.45) is 30.2. The number of nitrogens with one attached hydrogen (secondary N) is 1. The Kier molecular flexibility index (Phi) is 18.6. The minimum atomic E-state index is -0.575. The van der Waals surface area contributed by atoms with Gasteiger partial charge in [-0.2, -0.15) is 5.26 Å². The van der Waals surface area contributed by atoms with Crippen molar-refractivity contribution >= 4 is 11.8 Å². The van der Waals surface area contributed by atoms with E-state index in [1.54, 1.807) is 0 Å². The van der Waals surface area contributed by atoms with Crippen molar-refractivity contribution in [3.05, 3.63) is 58.0 Å². The van der Waals surface area contributed by atoms with Gasteiger partial charge in [0.15, 0.2) is 0 Å². The van der Waals surface area contributed by atoms with Crippen molar-refractivity contribution in [1.82, 2.24) is 10.2 Å². The number of allylic oxidation sites excluding steroid dienone is 7. The van der Waals surface area contributed by atoms with Crippen LogP contribution in [0.4, 0.5) is 0 Å². The molecule has 0 saturated carbocycles. The molecule has 5 heteroatoms. The minimum absolute atomic E-state index is 0.0772. The van der Waals surface area contributed by atoms with Crippen LogP contribution in [0.15, 0.2) is 58.0 Å². The van der Waals surface area contributed by atoms with E-state index in [-0.39, 0.29) is 5.57 Å². The molecule has 250 valence electrons. The van der Waals surface area contributed by atoms with Crippen molar-refractivity contribution in [3.8, 4) is 6.07 Å². The number of nitriles is 1. The Labute approximate surface area is 276 Å². The van der Waals surface area contributed by atoms with E-state index in [1.165, 1.54) is 101 Å². The first kappa shape index (κ1) is 38.3. The van der Waals surface area contributed by atoms with Crippen LogP contribution in [0.1, 0.15) is 157 Å². The number of hydrogen-bond acceptors (Lipinski definition) is 4. The van der Waals surface area contributed by atoms with Gasteiger partial charge in [0, 0.05) is 23.5 Å². The fourth-order valence-corrected chi connectivity index (χ4v) is 6.39. The Morgan fingerprint density at radius 2 is 1.16 bits per heavy atom. The average molecular weight is 618 g/mol. The zero-order chi connectivity index (χ0) is 33.0. The third-order valence-corrected chi connectivity index (χ3v) is 9.08. The number of carbonyl (C=O) groups excluding carboxylic acids is 2. The van der Waals surface area contributed by atoms with Gasteiger partial charge >= 0.3 is 0 Å². The predicted octanol–water partition coefficient (Wildman–Crippen LogP) is 10.8. The van der Waals surface area contributed by atoms with Crippen molar-refractivity contribution in [2.75, 3.05) is 6.54 Å². The molecule has 2 aliphatic heterocycles. The molecule has 0 fully saturated rings. The van der Waals surface area contributed by atoms with Crippen molar-refractivity contribution in [1.29, 1.82) is 5.26 Å². The number of nitrogens with zero attached hydrogens (tertiary/aromatic N) is 2. The maximum atomic E-state index is 13.0. The highest BCUT2D eigenvalue weighted by Gasteiger charge is 2.29. The van der Waals surface area contributed by atoms with Crippen molar-refractivity contribution in [3.63, 3.8) is 0 Å². The number of imide groups is 1. The summed E-state index contributed by atoms with van der Waals surface area (Å²) in [5.74, 6) is -0.261. The monoisotopic (exact) mass is 617 g/mol. The van der Waals surface area contributed by atoms with Crippen LogP contribution in [0.3, 0.4) is 0 Å². The Morgan fingerprint density at radius 1 is 0.689 bits per heavy atom. The molecule has 0 unspecified atom stereocenters. The SMILES string of the molecule is CCCCCCCCCCCCN1C(C(C)C)=CC(=C/C=C2\C(=O)NC(=O)C(C#N)=C2CCCCCCCCC)C=C1C(C)C. The molecule has 2 amide bonds. The fourth-order valence-electron chi connectivity index (χ4n) is 6.39. The molecule has 0 radical (unpaired) electrons. The summed E-state index contributed by atoms with van der Waals surface area (Å²) in [7, 11) is 0. The molecule has 1 N–H and O–H groups in total. The van der Waals surface area contributed by atoms with Gasteiger partial charge in [-0.3, -0.25) is 14.9 Å². The van der Waals surface area contributed by atoms with Gasteiger partial charge in [-0.05, 0) is 60.5 Å². The van der Waals surface area contributed by atoms with Crippen LogP contribution in [0.2, 0.25) is 0 Å². The third-order valence-electron chi connectivity index (χ3n) is 9.08.